The van der Waals surface area contributed by atoms with E-state index in [2.05, 4.69) is 18.8 Å². The summed E-state index contributed by atoms with van der Waals surface area (Å²) in [5.74, 6) is 1.38. The summed E-state index contributed by atoms with van der Waals surface area (Å²) in [6.07, 6.45) is 0. The molecule has 0 radical (unpaired) electrons. The smallest absolute Gasteiger partial charge is 0.128 e. The third kappa shape index (κ3) is 3.36. The summed E-state index contributed by atoms with van der Waals surface area (Å²) >= 11 is 0. The Morgan fingerprint density at radius 3 is 2.55 bits per heavy atom. The topological polar surface area (TPSA) is 48.1 Å². The Bertz CT molecular complexity index is 579. The Morgan fingerprint density at radius 2 is 1.90 bits per heavy atom. The molecule has 1 aromatic heterocycles. The van der Waals surface area contributed by atoms with Gasteiger partial charge in [0, 0.05) is 17.8 Å². The van der Waals surface area contributed by atoms with Crippen LogP contribution in [0.15, 0.2) is 36.4 Å². The molecule has 106 valence electrons. The summed E-state index contributed by atoms with van der Waals surface area (Å²) in [6.45, 7) is 7.49. The quantitative estimate of drug-likeness (QED) is 0.903. The molecule has 0 amide bonds. The molecule has 0 aliphatic rings. The molecule has 0 aliphatic heterocycles. The monoisotopic (exact) mass is 270 g/mol. The predicted octanol–water partition coefficient (Wildman–Crippen LogP) is 3.55. The number of ether oxygens (including phenoxy) is 1. The molecule has 0 unspecified atom stereocenters. The molecule has 20 heavy (non-hydrogen) atoms. The highest BCUT2D eigenvalue weighted by molar-refractivity contribution is 5.67. The Morgan fingerprint density at radius 1 is 1.15 bits per heavy atom. The molecule has 0 aliphatic carbocycles. The number of benzene rings is 1. The van der Waals surface area contributed by atoms with Crippen LogP contribution in [0.3, 0.4) is 0 Å². The Hall–Kier alpha value is -1.87. The van der Waals surface area contributed by atoms with E-state index < -0.39 is 0 Å². The van der Waals surface area contributed by atoms with E-state index in [1.807, 2.05) is 43.3 Å². The molecule has 3 heteroatoms. The lowest BCUT2D eigenvalue weighted by Gasteiger charge is -2.13. The second-order valence-electron chi connectivity index (χ2n) is 5.35. The Kier molecular flexibility index (Phi) is 4.74. The molecule has 3 nitrogen and oxygen atoms in total. The van der Waals surface area contributed by atoms with Crippen molar-refractivity contribution in [2.24, 2.45) is 11.7 Å². The zero-order valence-corrected chi connectivity index (χ0v) is 12.4. The first-order valence-electron chi connectivity index (χ1n) is 7.00. The molecule has 0 fully saturated rings. The fraction of sp³-hybridized carbons (Fsp3) is 0.353. The summed E-state index contributed by atoms with van der Waals surface area (Å²) in [5.41, 5.74) is 9.70. The number of rotatable bonds is 5. The summed E-state index contributed by atoms with van der Waals surface area (Å²) < 4.78 is 5.88. The van der Waals surface area contributed by atoms with Gasteiger partial charge < -0.3 is 10.5 Å². The van der Waals surface area contributed by atoms with Crippen LogP contribution < -0.4 is 10.5 Å². The third-order valence-electron chi connectivity index (χ3n) is 3.15. The van der Waals surface area contributed by atoms with E-state index in [-0.39, 0.29) is 0 Å². The molecule has 2 aromatic rings. The minimum Gasteiger partial charge on any atom is -0.493 e. The van der Waals surface area contributed by atoms with Gasteiger partial charge in [-0.05, 0) is 36.6 Å². The van der Waals surface area contributed by atoms with Gasteiger partial charge in [-0.25, -0.2) is 0 Å². The van der Waals surface area contributed by atoms with E-state index in [0.717, 1.165) is 28.3 Å². The minimum absolute atomic E-state index is 0.498. The number of aromatic nitrogens is 1. The van der Waals surface area contributed by atoms with Gasteiger partial charge in [0.05, 0.1) is 12.3 Å². The maximum Gasteiger partial charge on any atom is 0.128 e. The van der Waals surface area contributed by atoms with Crippen molar-refractivity contribution < 1.29 is 4.74 Å². The van der Waals surface area contributed by atoms with Crippen LogP contribution in [-0.2, 0) is 6.54 Å². The number of hydrogen-bond donors (Lipinski definition) is 1. The number of nitrogens with zero attached hydrogens (tertiary/aromatic N) is 1. The van der Waals surface area contributed by atoms with Gasteiger partial charge in [-0.1, -0.05) is 32.0 Å². The van der Waals surface area contributed by atoms with Crippen molar-refractivity contribution in [3.05, 3.63) is 47.7 Å². The van der Waals surface area contributed by atoms with Crippen LogP contribution in [0.2, 0.25) is 0 Å². The average Bonchev–Trinajstić information content (AvgIpc) is 2.45. The molecular weight excluding hydrogens is 248 g/mol. The van der Waals surface area contributed by atoms with Crippen molar-refractivity contribution in [3.8, 4) is 17.0 Å². The summed E-state index contributed by atoms with van der Waals surface area (Å²) in [5, 5.41) is 0. The van der Waals surface area contributed by atoms with Gasteiger partial charge in [0.15, 0.2) is 0 Å². The van der Waals surface area contributed by atoms with Gasteiger partial charge >= 0.3 is 0 Å². The number of para-hydroxylation sites is 1. The number of aryl methyl sites for hydroxylation is 1. The summed E-state index contributed by atoms with van der Waals surface area (Å²) in [7, 11) is 0. The van der Waals surface area contributed by atoms with Gasteiger partial charge in [-0.15, -0.1) is 0 Å². The highest BCUT2D eigenvalue weighted by Gasteiger charge is 2.09. The standard InChI is InChI=1S/C17H22N2O/c1-12(2)11-20-17-7-5-4-6-15(17)16-9-8-14(10-18)13(3)19-16/h4-9,12H,10-11,18H2,1-3H3. The highest BCUT2D eigenvalue weighted by atomic mass is 16.5. The first-order chi connectivity index (χ1) is 9.61. The van der Waals surface area contributed by atoms with E-state index in [0.29, 0.717) is 19.1 Å². The first kappa shape index (κ1) is 14.5. The van der Waals surface area contributed by atoms with Crippen LogP contribution in [0.4, 0.5) is 0 Å². The van der Waals surface area contributed by atoms with E-state index in [1.54, 1.807) is 0 Å². The first-order valence-corrected chi connectivity index (χ1v) is 7.00. The van der Waals surface area contributed by atoms with Crippen molar-refractivity contribution in [2.75, 3.05) is 6.61 Å². The molecule has 0 saturated carbocycles. The van der Waals surface area contributed by atoms with Crippen LogP contribution in [-0.4, -0.2) is 11.6 Å². The zero-order chi connectivity index (χ0) is 14.5. The second-order valence-corrected chi connectivity index (χ2v) is 5.35. The minimum atomic E-state index is 0.498. The lowest BCUT2D eigenvalue weighted by atomic mass is 10.1. The molecule has 1 aromatic carbocycles. The summed E-state index contributed by atoms with van der Waals surface area (Å²) in [4.78, 5) is 4.64. The number of nitrogens with two attached hydrogens (primary N) is 1. The zero-order valence-electron chi connectivity index (χ0n) is 12.4. The predicted molar refractivity (Wildman–Crippen MR) is 82.6 cm³/mol. The SMILES string of the molecule is Cc1nc(-c2ccccc2OCC(C)C)ccc1CN. The van der Waals surface area contributed by atoms with Gasteiger partial charge in [0.2, 0.25) is 0 Å². The Labute approximate surface area is 120 Å². The molecule has 0 atom stereocenters. The van der Waals surface area contributed by atoms with Gasteiger partial charge in [-0.2, -0.15) is 0 Å². The van der Waals surface area contributed by atoms with Gasteiger partial charge in [-0.3, -0.25) is 4.98 Å². The lowest BCUT2D eigenvalue weighted by molar-refractivity contribution is 0.272. The van der Waals surface area contributed by atoms with Crippen LogP contribution in [0.25, 0.3) is 11.3 Å². The maximum atomic E-state index is 5.88. The number of pyridine rings is 1. The van der Waals surface area contributed by atoms with Crippen molar-refractivity contribution in [1.29, 1.82) is 0 Å². The molecule has 0 bridgehead atoms. The Balaban J connectivity index is 2.34. The summed E-state index contributed by atoms with van der Waals surface area (Å²) in [6, 6.07) is 12.1. The fourth-order valence-electron chi connectivity index (χ4n) is 2.02. The van der Waals surface area contributed by atoms with E-state index >= 15 is 0 Å². The van der Waals surface area contributed by atoms with Crippen molar-refractivity contribution in [2.45, 2.75) is 27.3 Å². The van der Waals surface area contributed by atoms with E-state index in [4.69, 9.17) is 10.5 Å². The van der Waals surface area contributed by atoms with Crippen LogP contribution in [0.1, 0.15) is 25.1 Å². The molecule has 2 N–H and O–H groups in total. The van der Waals surface area contributed by atoms with Crippen molar-refractivity contribution in [1.82, 2.24) is 4.98 Å². The fourth-order valence-corrected chi connectivity index (χ4v) is 2.02. The van der Waals surface area contributed by atoms with Crippen molar-refractivity contribution >= 4 is 0 Å². The average molecular weight is 270 g/mol. The van der Waals surface area contributed by atoms with Crippen molar-refractivity contribution in [3.63, 3.8) is 0 Å². The van der Waals surface area contributed by atoms with E-state index in [9.17, 15) is 0 Å². The normalized spacial score (nSPS) is 10.8. The van der Waals surface area contributed by atoms with Gasteiger partial charge in [0.25, 0.3) is 0 Å². The maximum absolute atomic E-state index is 5.88. The molecule has 0 saturated heterocycles. The van der Waals surface area contributed by atoms with Crippen LogP contribution in [0, 0.1) is 12.8 Å². The second kappa shape index (κ2) is 6.53. The van der Waals surface area contributed by atoms with E-state index in [1.165, 1.54) is 0 Å². The lowest BCUT2D eigenvalue weighted by Crippen LogP contribution is -2.06. The number of hydrogen-bond acceptors (Lipinski definition) is 3. The molecule has 2 rings (SSSR count). The largest absolute Gasteiger partial charge is 0.493 e. The third-order valence-corrected chi connectivity index (χ3v) is 3.15. The van der Waals surface area contributed by atoms with Crippen LogP contribution >= 0.6 is 0 Å². The highest BCUT2D eigenvalue weighted by Crippen LogP contribution is 2.29. The van der Waals surface area contributed by atoms with Gasteiger partial charge in [0.1, 0.15) is 5.75 Å². The molecular formula is C17H22N2O. The molecule has 1 heterocycles. The molecule has 0 spiro atoms. The van der Waals surface area contributed by atoms with Crippen LogP contribution in [0.5, 0.6) is 5.75 Å².